The lowest BCUT2D eigenvalue weighted by molar-refractivity contribution is -0.385. The van der Waals surface area contributed by atoms with Gasteiger partial charge in [0.15, 0.2) is 11.5 Å². The van der Waals surface area contributed by atoms with Gasteiger partial charge in [0, 0.05) is 27.9 Å². The maximum Gasteiger partial charge on any atom is 0.312 e. The smallest absolute Gasteiger partial charge is 0.312 e. The zero-order chi connectivity index (χ0) is 18.4. The van der Waals surface area contributed by atoms with Crippen molar-refractivity contribution in [2.45, 2.75) is 0 Å². The highest BCUT2D eigenvalue weighted by molar-refractivity contribution is 9.10. The number of hydrogen-bond acceptors (Lipinski definition) is 5. The first-order chi connectivity index (χ1) is 11.9. The van der Waals surface area contributed by atoms with Gasteiger partial charge in [-0.2, -0.15) is 0 Å². The molecule has 0 unspecified atom stereocenters. The molecule has 0 heterocycles. The number of hydrogen-bond donors (Lipinski definition) is 1. The Bertz CT molecular complexity index is 847. The van der Waals surface area contributed by atoms with Crippen LogP contribution >= 0.6 is 15.9 Å². The summed E-state index contributed by atoms with van der Waals surface area (Å²) in [5.41, 5.74) is 0.390. The van der Waals surface area contributed by atoms with Crippen LogP contribution in [0.2, 0.25) is 0 Å². The quantitative estimate of drug-likeness (QED) is 0.342. The maximum atomic E-state index is 12.0. The van der Waals surface area contributed by atoms with E-state index in [1.807, 2.05) is 0 Å². The maximum absolute atomic E-state index is 12.0. The Hall–Kier alpha value is -3.00. The molecule has 8 heteroatoms. The lowest BCUT2D eigenvalue weighted by atomic mass is 10.1. The van der Waals surface area contributed by atoms with E-state index < -0.39 is 10.8 Å². The van der Waals surface area contributed by atoms with Gasteiger partial charge in [-0.1, -0.05) is 15.9 Å². The molecule has 1 amide bonds. The lowest BCUT2D eigenvalue weighted by Gasteiger charge is -2.05. The molecule has 0 aliphatic rings. The van der Waals surface area contributed by atoms with Gasteiger partial charge >= 0.3 is 5.69 Å². The molecule has 0 fully saturated rings. The largest absolute Gasteiger partial charge is 0.490 e. The molecule has 0 spiro atoms. The summed E-state index contributed by atoms with van der Waals surface area (Å²) in [5.74, 6) is -0.822. The van der Waals surface area contributed by atoms with Crippen molar-refractivity contribution in [3.63, 3.8) is 0 Å². The van der Waals surface area contributed by atoms with Crippen molar-refractivity contribution in [1.29, 1.82) is 0 Å². The third-order valence-corrected chi connectivity index (χ3v) is 3.69. The Morgan fingerprint density at radius 3 is 2.44 bits per heavy atom. The lowest BCUT2D eigenvalue weighted by Crippen LogP contribution is -2.09. The fourth-order valence-electron chi connectivity index (χ4n) is 1.96. The molecular formula is C17H13BrN2O5. The molecule has 0 radical (unpaired) electrons. The Balaban J connectivity index is 2.07. The molecule has 0 saturated carbocycles. The number of ether oxygens (including phenoxy) is 1. The minimum absolute atomic E-state index is 0.0870. The van der Waals surface area contributed by atoms with Crippen LogP contribution in [-0.2, 0) is 4.79 Å². The van der Waals surface area contributed by atoms with Crippen LogP contribution in [-0.4, -0.2) is 23.7 Å². The second-order valence-corrected chi connectivity index (χ2v) is 5.75. The van der Waals surface area contributed by atoms with Crippen LogP contribution in [0.25, 0.3) is 0 Å². The molecule has 0 bridgehead atoms. The Labute approximate surface area is 151 Å². The number of nitrogens with one attached hydrogen (secondary N) is 1. The number of halogens is 1. The average molecular weight is 405 g/mol. The van der Waals surface area contributed by atoms with Crippen LogP contribution < -0.4 is 10.1 Å². The summed E-state index contributed by atoms with van der Waals surface area (Å²) in [6.07, 6.45) is 2.21. The number of carbonyl (C=O) groups is 2. The predicted molar refractivity (Wildman–Crippen MR) is 95.9 cm³/mol. The van der Waals surface area contributed by atoms with Gasteiger partial charge < -0.3 is 10.1 Å². The Morgan fingerprint density at radius 2 is 1.84 bits per heavy atom. The number of methoxy groups -OCH3 is 1. The first-order valence-corrected chi connectivity index (χ1v) is 7.81. The van der Waals surface area contributed by atoms with Crippen molar-refractivity contribution in [3.8, 4) is 5.75 Å². The monoisotopic (exact) mass is 404 g/mol. The van der Waals surface area contributed by atoms with E-state index in [0.29, 0.717) is 5.56 Å². The number of nitro groups is 1. The number of carbonyl (C=O) groups excluding carboxylic acids is 2. The van der Waals surface area contributed by atoms with Crippen LogP contribution in [0.5, 0.6) is 5.75 Å². The summed E-state index contributed by atoms with van der Waals surface area (Å²) in [6, 6.07) is 10.7. The molecule has 2 aromatic carbocycles. The third-order valence-electron chi connectivity index (χ3n) is 3.16. The van der Waals surface area contributed by atoms with Crippen LogP contribution in [0, 0.1) is 10.1 Å². The van der Waals surface area contributed by atoms with Crippen molar-refractivity contribution >= 4 is 39.0 Å². The number of anilines is 1. The molecular weight excluding hydrogens is 392 g/mol. The minimum Gasteiger partial charge on any atom is -0.490 e. The summed E-state index contributed by atoms with van der Waals surface area (Å²) in [6.45, 7) is 0. The molecule has 0 saturated heterocycles. The van der Waals surface area contributed by atoms with Gasteiger partial charge in [-0.25, -0.2) is 0 Å². The number of amides is 1. The van der Waals surface area contributed by atoms with E-state index in [-0.39, 0.29) is 22.9 Å². The van der Waals surface area contributed by atoms with E-state index in [4.69, 9.17) is 4.74 Å². The van der Waals surface area contributed by atoms with E-state index in [1.165, 1.54) is 25.3 Å². The molecule has 2 aromatic rings. The van der Waals surface area contributed by atoms with Gasteiger partial charge in [0.25, 0.3) is 0 Å². The summed E-state index contributed by atoms with van der Waals surface area (Å²) < 4.78 is 5.73. The molecule has 1 N–H and O–H groups in total. The summed E-state index contributed by atoms with van der Waals surface area (Å²) in [7, 11) is 1.32. The van der Waals surface area contributed by atoms with Gasteiger partial charge in [-0.05, 0) is 42.5 Å². The summed E-state index contributed by atoms with van der Waals surface area (Å²) in [5, 5.41) is 13.4. The van der Waals surface area contributed by atoms with Crippen LogP contribution in [0.1, 0.15) is 10.4 Å². The van der Waals surface area contributed by atoms with Crippen molar-refractivity contribution in [1.82, 2.24) is 0 Å². The SMILES string of the molecule is COc1ccc(NC(=O)/C=C/C(=O)c2ccc(Br)cc2)cc1[N+](=O)[O-]. The highest BCUT2D eigenvalue weighted by atomic mass is 79.9. The molecule has 0 aliphatic carbocycles. The standard InChI is InChI=1S/C17H13BrN2O5/c1-25-16-8-6-13(10-14(16)20(23)24)19-17(22)9-7-15(21)11-2-4-12(18)5-3-11/h2-10H,1H3,(H,19,22)/b9-7+. The molecule has 128 valence electrons. The fraction of sp³-hybridized carbons (Fsp3) is 0.0588. The Morgan fingerprint density at radius 1 is 1.16 bits per heavy atom. The second-order valence-electron chi connectivity index (χ2n) is 4.84. The summed E-state index contributed by atoms with van der Waals surface area (Å²) in [4.78, 5) is 34.2. The van der Waals surface area contributed by atoms with Crippen LogP contribution in [0.15, 0.2) is 59.1 Å². The first kappa shape index (κ1) is 18.3. The van der Waals surface area contributed by atoms with E-state index in [0.717, 1.165) is 16.6 Å². The number of rotatable bonds is 6. The predicted octanol–water partition coefficient (Wildman–Crippen LogP) is 3.74. The number of nitrogens with zero attached hydrogens (tertiary/aromatic N) is 1. The van der Waals surface area contributed by atoms with Crippen LogP contribution in [0.3, 0.4) is 0 Å². The zero-order valence-electron chi connectivity index (χ0n) is 13.1. The fourth-order valence-corrected chi connectivity index (χ4v) is 2.22. The summed E-state index contributed by atoms with van der Waals surface area (Å²) >= 11 is 3.27. The molecule has 0 atom stereocenters. The van der Waals surface area contributed by atoms with Crippen molar-refractivity contribution in [3.05, 3.63) is 74.8 Å². The van der Waals surface area contributed by atoms with Crippen LogP contribution in [0.4, 0.5) is 11.4 Å². The van der Waals surface area contributed by atoms with E-state index >= 15 is 0 Å². The molecule has 7 nitrogen and oxygen atoms in total. The highest BCUT2D eigenvalue weighted by Gasteiger charge is 2.15. The topological polar surface area (TPSA) is 98.5 Å². The number of nitro benzene ring substituents is 1. The average Bonchev–Trinajstić information content (AvgIpc) is 2.60. The van der Waals surface area contributed by atoms with Crippen molar-refractivity contribution < 1.29 is 19.2 Å². The minimum atomic E-state index is -0.610. The van der Waals surface area contributed by atoms with Crippen molar-refractivity contribution in [2.24, 2.45) is 0 Å². The first-order valence-electron chi connectivity index (χ1n) is 7.02. The molecule has 0 aliphatic heterocycles. The van der Waals surface area contributed by atoms with E-state index in [2.05, 4.69) is 21.2 Å². The number of benzene rings is 2. The third kappa shape index (κ3) is 4.98. The van der Waals surface area contributed by atoms with E-state index in [9.17, 15) is 19.7 Å². The van der Waals surface area contributed by atoms with Gasteiger partial charge in [0.1, 0.15) is 0 Å². The van der Waals surface area contributed by atoms with E-state index in [1.54, 1.807) is 24.3 Å². The van der Waals surface area contributed by atoms with Gasteiger partial charge in [-0.3, -0.25) is 19.7 Å². The normalized spacial score (nSPS) is 10.5. The zero-order valence-corrected chi connectivity index (χ0v) is 14.6. The Kier molecular flexibility index (Phi) is 6.02. The second kappa shape index (κ2) is 8.20. The molecule has 25 heavy (non-hydrogen) atoms. The molecule has 0 aromatic heterocycles. The molecule has 2 rings (SSSR count). The van der Waals surface area contributed by atoms with Gasteiger partial charge in [0.2, 0.25) is 5.91 Å². The van der Waals surface area contributed by atoms with Gasteiger partial charge in [-0.15, -0.1) is 0 Å². The highest BCUT2D eigenvalue weighted by Crippen LogP contribution is 2.29. The number of allylic oxidation sites excluding steroid dienone is 1. The van der Waals surface area contributed by atoms with Gasteiger partial charge in [0.05, 0.1) is 12.0 Å². The number of ketones is 1. The van der Waals surface area contributed by atoms with Crippen molar-refractivity contribution in [2.75, 3.05) is 12.4 Å².